The molecular weight excluding hydrogens is 418 g/mol. The van der Waals surface area contributed by atoms with E-state index in [-0.39, 0.29) is 42.6 Å². The van der Waals surface area contributed by atoms with Gasteiger partial charge in [-0.1, -0.05) is 49.4 Å². The van der Waals surface area contributed by atoms with Gasteiger partial charge in [-0.05, 0) is 44.4 Å². The lowest BCUT2D eigenvalue weighted by Gasteiger charge is -2.30. The van der Waals surface area contributed by atoms with E-state index in [1.807, 2.05) is 44.2 Å². The molecule has 174 valence electrons. The molecule has 1 aliphatic rings. The fourth-order valence-corrected chi connectivity index (χ4v) is 3.80. The lowest BCUT2D eigenvalue weighted by molar-refractivity contribution is -0.141. The van der Waals surface area contributed by atoms with Crippen molar-refractivity contribution in [3.05, 3.63) is 71.3 Å². The third-order valence-corrected chi connectivity index (χ3v) is 6.01. The normalized spacial score (nSPS) is 14.6. The SMILES string of the molecule is CC[C@@H](C)NC(=O)[C@H](C)N(Cc1ccccc1)C(=O)CCCN1C(=O)c2ccccc2C1=O. The summed E-state index contributed by atoms with van der Waals surface area (Å²) in [7, 11) is 0. The Hall–Kier alpha value is -3.48. The van der Waals surface area contributed by atoms with E-state index in [9.17, 15) is 19.2 Å². The number of amides is 4. The van der Waals surface area contributed by atoms with Crippen molar-refractivity contribution in [3.8, 4) is 0 Å². The van der Waals surface area contributed by atoms with Gasteiger partial charge >= 0.3 is 0 Å². The highest BCUT2D eigenvalue weighted by Crippen LogP contribution is 2.23. The monoisotopic (exact) mass is 449 g/mol. The predicted molar refractivity (Wildman–Crippen MR) is 125 cm³/mol. The van der Waals surface area contributed by atoms with Gasteiger partial charge in [-0.2, -0.15) is 0 Å². The molecule has 0 saturated heterocycles. The first-order valence-corrected chi connectivity index (χ1v) is 11.4. The van der Waals surface area contributed by atoms with Gasteiger partial charge in [0.15, 0.2) is 0 Å². The largest absolute Gasteiger partial charge is 0.352 e. The van der Waals surface area contributed by atoms with E-state index in [0.717, 1.165) is 12.0 Å². The molecule has 0 bridgehead atoms. The van der Waals surface area contributed by atoms with Crippen LogP contribution in [0.25, 0.3) is 0 Å². The second-order valence-electron chi connectivity index (χ2n) is 8.41. The summed E-state index contributed by atoms with van der Waals surface area (Å²) in [6, 6.07) is 15.6. The maximum Gasteiger partial charge on any atom is 0.261 e. The Morgan fingerprint density at radius 2 is 1.52 bits per heavy atom. The molecule has 0 unspecified atom stereocenters. The third-order valence-electron chi connectivity index (χ3n) is 6.01. The molecule has 7 heteroatoms. The molecular formula is C26H31N3O4. The van der Waals surface area contributed by atoms with Crippen LogP contribution in [0.1, 0.15) is 66.3 Å². The van der Waals surface area contributed by atoms with Gasteiger partial charge in [-0.25, -0.2) is 0 Å². The molecule has 0 fully saturated rings. The number of hydrogen-bond acceptors (Lipinski definition) is 4. The highest BCUT2D eigenvalue weighted by molar-refractivity contribution is 6.21. The summed E-state index contributed by atoms with van der Waals surface area (Å²) >= 11 is 0. The van der Waals surface area contributed by atoms with E-state index in [4.69, 9.17) is 0 Å². The van der Waals surface area contributed by atoms with Crippen LogP contribution in [-0.2, 0) is 16.1 Å². The van der Waals surface area contributed by atoms with Crippen LogP contribution in [0.2, 0.25) is 0 Å². The molecule has 33 heavy (non-hydrogen) atoms. The van der Waals surface area contributed by atoms with Gasteiger partial charge in [-0.15, -0.1) is 0 Å². The second kappa shape index (κ2) is 10.9. The molecule has 0 saturated carbocycles. The molecule has 3 rings (SSSR count). The van der Waals surface area contributed by atoms with Crippen molar-refractivity contribution < 1.29 is 19.2 Å². The average molecular weight is 450 g/mol. The highest BCUT2D eigenvalue weighted by Gasteiger charge is 2.35. The number of hydrogen-bond donors (Lipinski definition) is 1. The molecule has 1 N–H and O–H groups in total. The van der Waals surface area contributed by atoms with E-state index < -0.39 is 6.04 Å². The molecule has 1 heterocycles. The number of nitrogens with zero attached hydrogens (tertiary/aromatic N) is 2. The first-order chi connectivity index (χ1) is 15.8. The van der Waals surface area contributed by atoms with Crippen molar-refractivity contribution in [3.63, 3.8) is 0 Å². The smallest absolute Gasteiger partial charge is 0.261 e. The fourth-order valence-electron chi connectivity index (χ4n) is 3.80. The maximum absolute atomic E-state index is 13.2. The highest BCUT2D eigenvalue weighted by atomic mass is 16.2. The zero-order chi connectivity index (χ0) is 24.0. The Bertz CT molecular complexity index is 986. The van der Waals surface area contributed by atoms with Crippen molar-refractivity contribution in [1.82, 2.24) is 15.1 Å². The van der Waals surface area contributed by atoms with Gasteiger partial charge in [0.1, 0.15) is 6.04 Å². The van der Waals surface area contributed by atoms with Crippen molar-refractivity contribution in [2.75, 3.05) is 6.54 Å². The number of benzene rings is 2. The summed E-state index contributed by atoms with van der Waals surface area (Å²) < 4.78 is 0. The van der Waals surface area contributed by atoms with Crippen LogP contribution in [0, 0.1) is 0 Å². The van der Waals surface area contributed by atoms with Gasteiger partial charge < -0.3 is 10.2 Å². The number of nitrogens with one attached hydrogen (secondary N) is 1. The molecule has 7 nitrogen and oxygen atoms in total. The summed E-state index contributed by atoms with van der Waals surface area (Å²) in [5, 5.41) is 2.94. The minimum Gasteiger partial charge on any atom is -0.352 e. The zero-order valence-corrected chi connectivity index (χ0v) is 19.4. The number of rotatable bonds is 10. The predicted octanol–water partition coefficient (Wildman–Crippen LogP) is 3.39. The average Bonchev–Trinajstić information content (AvgIpc) is 3.07. The van der Waals surface area contributed by atoms with Crippen LogP contribution in [0.4, 0.5) is 0 Å². The molecule has 2 aromatic carbocycles. The van der Waals surface area contributed by atoms with Crippen LogP contribution < -0.4 is 5.32 Å². The van der Waals surface area contributed by atoms with Crippen molar-refractivity contribution >= 4 is 23.6 Å². The molecule has 4 amide bonds. The number of carbonyl (C=O) groups is 4. The quantitative estimate of drug-likeness (QED) is 0.563. The summed E-state index contributed by atoms with van der Waals surface area (Å²) in [6.45, 7) is 6.10. The summed E-state index contributed by atoms with van der Waals surface area (Å²) in [6.07, 6.45) is 1.25. The summed E-state index contributed by atoms with van der Waals surface area (Å²) in [5.74, 6) is -1.05. The minimum absolute atomic E-state index is 0.0162. The fraction of sp³-hybridized carbons (Fsp3) is 0.385. The molecule has 2 atom stereocenters. The van der Waals surface area contributed by atoms with Crippen LogP contribution in [0.5, 0.6) is 0 Å². The van der Waals surface area contributed by atoms with Crippen LogP contribution in [0.3, 0.4) is 0 Å². The van der Waals surface area contributed by atoms with Crippen molar-refractivity contribution in [2.45, 2.75) is 58.7 Å². The molecule has 2 aromatic rings. The van der Waals surface area contributed by atoms with Crippen LogP contribution in [0.15, 0.2) is 54.6 Å². The molecule has 0 aliphatic carbocycles. The van der Waals surface area contributed by atoms with Crippen molar-refractivity contribution in [2.24, 2.45) is 0 Å². The van der Waals surface area contributed by atoms with Crippen LogP contribution in [-0.4, -0.2) is 52.1 Å². The number of carbonyl (C=O) groups excluding carboxylic acids is 4. The Morgan fingerprint density at radius 1 is 0.939 bits per heavy atom. The lowest BCUT2D eigenvalue weighted by Crippen LogP contribution is -2.49. The van der Waals surface area contributed by atoms with Gasteiger partial charge in [0.2, 0.25) is 11.8 Å². The number of imide groups is 1. The lowest BCUT2D eigenvalue weighted by atomic mass is 10.1. The van der Waals surface area contributed by atoms with E-state index >= 15 is 0 Å². The Labute approximate surface area is 194 Å². The minimum atomic E-state index is -0.647. The van der Waals surface area contributed by atoms with Gasteiger partial charge in [0.25, 0.3) is 11.8 Å². The Morgan fingerprint density at radius 3 is 2.09 bits per heavy atom. The van der Waals surface area contributed by atoms with E-state index in [1.165, 1.54) is 4.90 Å². The van der Waals surface area contributed by atoms with E-state index in [1.54, 1.807) is 36.1 Å². The molecule has 0 spiro atoms. The molecule has 1 aliphatic heterocycles. The van der Waals surface area contributed by atoms with Gasteiger partial charge in [-0.3, -0.25) is 24.1 Å². The summed E-state index contributed by atoms with van der Waals surface area (Å²) in [5.41, 5.74) is 1.72. The Balaban J connectivity index is 1.65. The molecule has 0 aromatic heterocycles. The topological polar surface area (TPSA) is 86.8 Å². The third kappa shape index (κ3) is 5.66. The first kappa shape index (κ1) is 24.2. The standard InChI is InChI=1S/C26H31N3O4/c1-4-18(2)27-24(31)19(3)29(17-20-11-6-5-7-12-20)23(30)15-10-16-28-25(32)21-13-8-9-14-22(21)26(28)33/h5-9,11-14,18-19H,4,10,15-17H2,1-3H3,(H,27,31)/t18-,19+/m1/s1. The van der Waals surface area contributed by atoms with E-state index in [2.05, 4.69) is 5.32 Å². The summed E-state index contributed by atoms with van der Waals surface area (Å²) in [4.78, 5) is 53.7. The number of fused-ring (bicyclic) bond motifs is 1. The second-order valence-corrected chi connectivity index (χ2v) is 8.41. The Kier molecular flexibility index (Phi) is 7.98. The first-order valence-electron chi connectivity index (χ1n) is 11.4. The van der Waals surface area contributed by atoms with Gasteiger partial charge in [0, 0.05) is 25.6 Å². The zero-order valence-electron chi connectivity index (χ0n) is 19.4. The van der Waals surface area contributed by atoms with Crippen molar-refractivity contribution in [1.29, 1.82) is 0 Å². The van der Waals surface area contributed by atoms with E-state index in [0.29, 0.717) is 24.1 Å². The maximum atomic E-state index is 13.2. The van der Waals surface area contributed by atoms with Crippen LogP contribution >= 0.6 is 0 Å². The molecule has 0 radical (unpaired) electrons. The van der Waals surface area contributed by atoms with Gasteiger partial charge in [0.05, 0.1) is 11.1 Å².